The molecule has 0 amide bonds. The third-order valence-corrected chi connectivity index (χ3v) is 8.46. The van der Waals surface area contributed by atoms with Crippen molar-refractivity contribution in [1.82, 2.24) is 0 Å². The Bertz CT molecular complexity index is 750. The van der Waals surface area contributed by atoms with Gasteiger partial charge < -0.3 is 29.2 Å². The lowest BCUT2D eigenvalue weighted by Gasteiger charge is -2.31. The van der Waals surface area contributed by atoms with Crippen molar-refractivity contribution in [2.45, 2.75) is 142 Å². The van der Waals surface area contributed by atoms with Crippen LogP contribution in [-0.2, 0) is 23.7 Å². The van der Waals surface area contributed by atoms with Gasteiger partial charge in [-0.25, -0.2) is 0 Å². The van der Waals surface area contributed by atoms with E-state index in [-0.39, 0.29) is 43.0 Å². The zero-order valence-corrected chi connectivity index (χ0v) is 24.6. The lowest BCUT2D eigenvalue weighted by molar-refractivity contribution is -0.193. The van der Waals surface area contributed by atoms with Gasteiger partial charge >= 0.3 is 5.97 Å². The number of rotatable bonds is 16. The second-order valence-electron chi connectivity index (χ2n) is 12.1. The predicted molar refractivity (Wildman–Crippen MR) is 152 cm³/mol. The van der Waals surface area contributed by atoms with Crippen molar-refractivity contribution in [3.63, 3.8) is 0 Å². The quantitative estimate of drug-likeness (QED) is 0.162. The summed E-state index contributed by atoms with van der Waals surface area (Å²) in [6, 6.07) is 0. The number of carbonyl (C=O) groups is 1. The van der Waals surface area contributed by atoms with Crippen LogP contribution < -0.4 is 0 Å². The first kappa shape index (κ1) is 32.3. The molecule has 8 atom stereocenters. The minimum Gasteiger partial charge on any atom is -0.481 e. The smallest absolute Gasteiger partial charge is 0.303 e. The molecule has 3 rings (SSSR count). The van der Waals surface area contributed by atoms with E-state index in [4.69, 9.17) is 24.1 Å². The molecule has 1 saturated carbocycles. The molecule has 2 heterocycles. The number of allylic oxidation sites excluding steroid dienone is 2. The first-order valence-electron chi connectivity index (χ1n) is 15.6. The number of hydrogen-bond acceptors (Lipinski definition) is 6. The summed E-state index contributed by atoms with van der Waals surface area (Å²) in [5, 5.41) is 20.0. The summed E-state index contributed by atoms with van der Waals surface area (Å²) < 4.78 is 24.8. The fourth-order valence-electron chi connectivity index (χ4n) is 6.08. The molecule has 2 saturated heterocycles. The van der Waals surface area contributed by atoms with Gasteiger partial charge in [-0.2, -0.15) is 0 Å². The lowest BCUT2D eigenvalue weighted by atomic mass is 9.87. The average Bonchev–Trinajstić information content (AvgIpc) is 3.21. The zero-order chi connectivity index (χ0) is 28.0. The molecule has 2 N–H and O–H groups in total. The number of aliphatic carboxylic acids is 1. The van der Waals surface area contributed by atoms with E-state index >= 15 is 0 Å². The van der Waals surface area contributed by atoms with E-state index in [1.54, 1.807) is 0 Å². The fraction of sp³-hybridized carbons (Fsp3) is 0.844. The standard InChI is InChI=1S/C32H54O7/c1-23(2)16-17-24(3)28(38-31-14-8-10-20-36-31)19-18-26-25(12-6-4-5-7-13-30(34)35)27(33)22-29(26)39-32-15-9-11-21-37-32/h16,18-19,24-29,31-33H,4-15,17,20-22H2,1-3H3,(H,34,35)/b19-18+/t24?,25-,26-,27+,28+,29-,31?,32?/m1/s1. The minimum absolute atomic E-state index is 0.0790. The van der Waals surface area contributed by atoms with Crippen LogP contribution in [0.3, 0.4) is 0 Å². The first-order valence-corrected chi connectivity index (χ1v) is 15.6. The maximum atomic E-state index is 11.1. The van der Waals surface area contributed by atoms with Crippen molar-refractivity contribution in [2.24, 2.45) is 17.8 Å². The molecule has 7 heteroatoms. The van der Waals surface area contributed by atoms with E-state index in [0.29, 0.717) is 18.8 Å². The summed E-state index contributed by atoms with van der Waals surface area (Å²) in [7, 11) is 0. The third-order valence-electron chi connectivity index (χ3n) is 8.46. The highest BCUT2D eigenvalue weighted by Gasteiger charge is 2.43. The number of unbranched alkanes of at least 4 members (excludes halogenated alkanes) is 3. The molecule has 1 aliphatic carbocycles. The van der Waals surface area contributed by atoms with Crippen LogP contribution in [0.25, 0.3) is 0 Å². The van der Waals surface area contributed by atoms with Gasteiger partial charge in [-0.15, -0.1) is 0 Å². The average molecular weight is 551 g/mol. The number of ether oxygens (including phenoxy) is 4. The van der Waals surface area contributed by atoms with Crippen LogP contribution in [0.15, 0.2) is 23.8 Å². The number of carboxylic acids is 1. The molecule has 3 unspecified atom stereocenters. The van der Waals surface area contributed by atoms with Gasteiger partial charge in [-0.1, -0.05) is 50.0 Å². The van der Waals surface area contributed by atoms with Crippen LogP contribution in [-0.4, -0.2) is 60.3 Å². The second kappa shape index (κ2) is 17.5. The molecule has 3 fully saturated rings. The van der Waals surface area contributed by atoms with Gasteiger partial charge in [0.25, 0.3) is 0 Å². The Hall–Kier alpha value is -1.25. The van der Waals surface area contributed by atoms with Gasteiger partial charge in [-0.05, 0) is 83.5 Å². The van der Waals surface area contributed by atoms with Gasteiger partial charge in [0.1, 0.15) is 0 Å². The summed E-state index contributed by atoms with van der Waals surface area (Å²) in [6.45, 7) is 7.98. The van der Waals surface area contributed by atoms with Crippen molar-refractivity contribution < 1.29 is 34.0 Å². The summed E-state index contributed by atoms with van der Waals surface area (Å²) in [4.78, 5) is 10.8. The molecule has 2 aliphatic heterocycles. The molecule has 0 aromatic rings. The minimum atomic E-state index is -0.731. The fourth-order valence-corrected chi connectivity index (χ4v) is 6.08. The first-order chi connectivity index (χ1) is 18.8. The molecule has 0 spiro atoms. The Morgan fingerprint density at radius 3 is 2.33 bits per heavy atom. The van der Waals surface area contributed by atoms with Crippen molar-refractivity contribution in [3.05, 3.63) is 23.8 Å². The van der Waals surface area contributed by atoms with Crippen molar-refractivity contribution in [3.8, 4) is 0 Å². The van der Waals surface area contributed by atoms with Crippen LogP contribution in [0.2, 0.25) is 0 Å². The Morgan fingerprint density at radius 1 is 1.00 bits per heavy atom. The van der Waals surface area contributed by atoms with Gasteiger partial charge in [0.2, 0.25) is 0 Å². The molecule has 0 aromatic carbocycles. The van der Waals surface area contributed by atoms with Gasteiger partial charge in [0.05, 0.1) is 18.3 Å². The largest absolute Gasteiger partial charge is 0.481 e. The highest BCUT2D eigenvalue weighted by atomic mass is 16.7. The van der Waals surface area contributed by atoms with E-state index < -0.39 is 12.1 Å². The SMILES string of the molecule is CC(C)=CCC(C)[C@H](/C=C/[C@@H]1[C@@H](CCCCCCC(=O)O)[C@@H](O)C[C@H]1OC1CCCCO1)OC1CCCCO1. The lowest BCUT2D eigenvalue weighted by Crippen LogP contribution is -2.32. The van der Waals surface area contributed by atoms with Crippen molar-refractivity contribution >= 4 is 5.97 Å². The molecular formula is C32H54O7. The predicted octanol–water partition coefficient (Wildman–Crippen LogP) is 6.78. The second-order valence-corrected chi connectivity index (χ2v) is 12.1. The van der Waals surface area contributed by atoms with E-state index in [1.807, 2.05) is 0 Å². The highest BCUT2D eigenvalue weighted by Crippen LogP contribution is 2.40. The molecule has 39 heavy (non-hydrogen) atoms. The van der Waals surface area contributed by atoms with E-state index in [9.17, 15) is 9.90 Å². The zero-order valence-electron chi connectivity index (χ0n) is 24.6. The van der Waals surface area contributed by atoms with Gasteiger partial charge in [-0.3, -0.25) is 4.79 Å². The molecule has 7 nitrogen and oxygen atoms in total. The normalized spacial score (nSPS) is 31.3. The monoisotopic (exact) mass is 550 g/mol. The number of hydrogen-bond donors (Lipinski definition) is 2. The van der Waals surface area contributed by atoms with Crippen molar-refractivity contribution in [1.29, 1.82) is 0 Å². The maximum absolute atomic E-state index is 11.1. The Labute approximate surface area is 236 Å². The van der Waals surface area contributed by atoms with E-state index in [2.05, 4.69) is 39.0 Å². The maximum Gasteiger partial charge on any atom is 0.303 e. The molecule has 0 radical (unpaired) electrons. The van der Waals surface area contributed by atoms with Crippen LogP contribution >= 0.6 is 0 Å². The Morgan fingerprint density at radius 2 is 1.69 bits per heavy atom. The molecule has 0 aromatic heterocycles. The summed E-state index contributed by atoms with van der Waals surface area (Å²) in [6.07, 6.45) is 18.3. The summed E-state index contributed by atoms with van der Waals surface area (Å²) >= 11 is 0. The summed E-state index contributed by atoms with van der Waals surface area (Å²) in [5.41, 5.74) is 1.31. The van der Waals surface area contributed by atoms with Gasteiger partial charge in [0.15, 0.2) is 12.6 Å². The van der Waals surface area contributed by atoms with Crippen LogP contribution in [0.4, 0.5) is 0 Å². The third kappa shape index (κ3) is 11.6. The van der Waals surface area contributed by atoms with E-state index in [0.717, 1.165) is 83.8 Å². The molecule has 224 valence electrons. The Balaban J connectivity index is 1.70. The number of aliphatic hydroxyl groups excluding tert-OH is 1. The van der Waals surface area contributed by atoms with Crippen LogP contribution in [0.1, 0.15) is 111 Å². The van der Waals surface area contributed by atoms with Crippen LogP contribution in [0, 0.1) is 17.8 Å². The van der Waals surface area contributed by atoms with Crippen molar-refractivity contribution in [2.75, 3.05) is 13.2 Å². The number of aliphatic hydroxyl groups is 1. The van der Waals surface area contributed by atoms with E-state index in [1.165, 1.54) is 5.57 Å². The topological polar surface area (TPSA) is 94.5 Å². The summed E-state index contributed by atoms with van der Waals surface area (Å²) in [5.74, 6) is -0.250. The van der Waals surface area contributed by atoms with Crippen LogP contribution in [0.5, 0.6) is 0 Å². The highest BCUT2D eigenvalue weighted by molar-refractivity contribution is 5.66. The Kier molecular flexibility index (Phi) is 14.5. The molecule has 0 bridgehead atoms. The number of carboxylic acid groups (broad SMARTS) is 1. The molecular weight excluding hydrogens is 496 g/mol. The molecule has 3 aliphatic rings. The van der Waals surface area contributed by atoms with Gasteiger partial charge in [0, 0.05) is 32.0 Å².